The topological polar surface area (TPSA) is 44.8 Å². The molecule has 5 nitrogen and oxygen atoms in total. The molecule has 0 aromatic heterocycles. The Balaban J connectivity index is 1.57. The van der Waals surface area contributed by atoms with Gasteiger partial charge >= 0.3 is 0 Å². The van der Waals surface area contributed by atoms with Gasteiger partial charge in [-0.25, -0.2) is 4.39 Å². The summed E-state index contributed by atoms with van der Waals surface area (Å²) in [4.78, 5) is 17.2. The molecule has 1 atom stereocenters. The van der Waals surface area contributed by atoms with Crippen molar-refractivity contribution < 1.29 is 13.9 Å². The summed E-state index contributed by atoms with van der Waals surface area (Å²) in [6.45, 7) is 3.90. The summed E-state index contributed by atoms with van der Waals surface area (Å²) in [5, 5.41) is 3.03. The van der Waals surface area contributed by atoms with Crippen LogP contribution in [0.15, 0.2) is 54.6 Å². The quantitative estimate of drug-likeness (QED) is 0.710. The number of morpholine rings is 1. The summed E-state index contributed by atoms with van der Waals surface area (Å²) in [6.07, 6.45) is 0.829. The number of nitrogens with one attached hydrogen (secondary N) is 1. The Morgan fingerprint density at radius 3 is 2.64 bits per heavy atom. The van der Waals surface area contributed by atoms with E-state index in [1.54, 1.807) is 6.07 Å². The number of benzene rings is 2. The Hall–Kier alpha value is -2.44. The van der Waals surface area contributed by atoms with Gasteiger partial charge in [0.15, 0.2) is 0 Å². The molecule has 1 saturated heterocycles. The lowest BCUT2D eigenvalue weighted by Gasteiger charge is -2.33. The molecule has 150 valence electrons. The van der Waals surface area contributed by atoms with Crippen molar-refractivity contribution in [3.8, 4) is 0 Å². The Kier molecular flexibility index (Phi) is 7.39. The van der Waals surface area contributed by atoms with Gasteiger partial charge in [0.25, 0.3) is 0 Å². The average molecular weight is 385 g/mol. The summed E-state index contributed by atoms with van der Waals surface area (Å²) < 4.78 is 19.1. The third kappa shape index (κ3) is 5.53. The van der Waals surface area contributed by atoms with E-state index < -0.39 is 6.04 Å². The first-order valence-corrected chi connectivity index (χ1v) is 9.76. The zero-order valence-corrected chi connectivity index (χ0v) is 16.3. The third-order valence-corrected chi connectivity index (χ3v) is 4.99. The first-order chi connectivity index (χ1) is 13.6. The van der Waals surface area contributed by atoms with E-state index in [1.807, 2.05) is 31.3 Å². The largest absolute Gasteiger partial charge is 0.379 e. The minimum absolute atomic E-state index is 0.0881. The number of para-hydroxylation sites is 1. The Morgan fingerprint density at radius 1 is 1.18 bits per heavy atom. The van der Waals surface area contributed by atoms with Crippen molar-refractivity contribution in [3.05, 3.63) is 66.0 Å². The van der Waals surface area contributed by atoms with Gasteiger partial charge in [0, 0.05) is 38.9 Å². The molecule has 2 aromatic rings. The van der Waals surface area contributed by atoms with Crippen molar-refractivity contribution in [2.75, 3.05) is 51.3 Å². The SMILES string of the molecule is CN(CCCNC(=O)[C@@H](c1cccc(F)c1)N1CCOCC1)c1ccccc1. The molecule has 0 bridgehead atoms. The van der Waals surface area contributed by atoms with Crippen LogP contribution in [-0.2, 0) is 9.53 Å². The number of carbonyl (C=O) groups excluding carboxylic acids is 1. The Bertz CT molecular complexity index is 750. The Morgan fingerprint density at radius 2 is 1.93 bits per heavy atom. The van der Waals surface area contributed by atoms with E-state index >= 15 is 0 Å². The van der Waals surface area contributed by atoms with E-state index in [2.05, 4.69) is 27.2 Å². The van der Waals surface area contributed by atoms with Crippen molar-refractivity contribution in [1.82, 2.24) is 10.2 Å². The molecule has 0 aliphatic carbocycles. The maximum atomic E-state index is 13.7. The van der Waals surface area contributed by atoms with Crippen molar-refractivity contribution in [3.63, 3.8) is 0 Å². The van der Waals surface area contributed by atoms with E-state index in [0.717, 1.165) is 18.7 Å². The number of halogens is 1. The maximum Gasteiger partial charge on any atom is 0.241 e. The fraction of sp³-hybridized carbons (Fsp3) is 0.409. The molecule has 3 rings (SSSR count). The van der Waals surface area contributed by atoms with Crippen LogP contribution >= 0.6 is 0 Å². The third-order valence-electron chi connectivity index (χ3n) is 4.99. The predicted molar refractivity (Wildman–Crippen MR) is 109 cm³/mol. The van der Waals surface area contributed by atoms with Crippen LogP contribution in [0.3, 0.4) is 0 Å². The van der Waals surface area contributed by atoms with Crippen LogP contribution in [0.2, 0.25) is 0 Å². The van der Waals surface area contributed by atoms with Crippen LogP contribution in [0.4, 0.5) is 10.1 Å². The monoisotopic (exact) mass is 385 g/mol. The van der Waals surface area contributed by atoms with Gasteiger partial charge in [-0.1, -0.05) is 30.3 Å². The molecule has 1 aliphatic heterocycles. The van der Waals surface area contributed by atoms with Crippen LogP contribution in [0.5, 0.6) is 0 Å². The molecule has 0 spiro atoms. The van der Waals surface area contributed by atoms with Crippen molar-refractivity contribution in [1.29, 1.82) is 0 Å². The molecule has 1 aliphatic rings. The number of carbonyl (C=O) groups is 1. The summed E-state index contributed by atoms with van der Waals surface area (Å²) in [5.74, 6) is -0.414. The Labute approximate surface area is 166 Å². The van der Waals surface area contributed by atoms with Crippen LogP contribution in [-0.4, -0.2) is 57.2 Å². The minimum atomic E-state index is -0.494. The zero-order chi connectivity index (χ0) is 19.8. The number of anilines is 1. The van der Waals surface area contributed by atoms with Gasteiger partial charge in [0.2, 0.25) is 5.91 Å². The van der Waals surface area contributed by atoms with Gasteiger partial charge in [-0.05, 0) is 36.2 Å². The van der Waals surface area contributed by atoms with Crippen LogP contribution in [0, 0.1) is 5.82 Å². The fourth-order valence-corrected chi connectivity index (χ4v) is 3.48. The lowest BCUT2D eigenvalue weighted by Crippen LogP contribution is -2.46. The van der Waals surface area contributed by atoms with E-state index in [9.17, 15) is 9.18 Å². The molecule has 0 saturated carbocycles. The second-order valence-corrected chi connectivity index (χ2v) is 7.01. The van der Waals surface area contributed by atoms with Crippen LogP contribution in [0.25, 0.3) is 0 Å². The second-order valence-electron chi connectivity index (χ2n) is 7.01. The van der Waals surface area contributed by atoms with E-state index in [4.69, 9.17) is 4.74 Å². The predicted octanol–water partition coefficient (Wildman–Crippen LogP) is 2.84. The number of hydrogen-bond acceptors (Lipinski definition) is 4. The molecule has 0 radical (unpaired) electrons. The minimum Gasteiger partial charge on any atom is -0.379 e. The highest BCUT2D eigenvalue weighted by Crippen LogP contribution is 2.23. The fourth-order valence-electron chi connectivity index (χ4n) is 3.48. The molecular weight excluding hydrogens is 357 g/mol. The van der Waals surface area contributed by atoms with Gasteiger partial charge < -0.3 is 15.0 Å². The normalized spacial score (nSPS) is 15.8. The molecule has 2 aromatic carbocycles. The highest BCUT2D eigenvalue weighted by atomic mass is 19.1. The van der Waals surface area contributed by atoms with E-state index in [0.29, 0.717) is 38.4 Å². The van der Waals surface area contributed by atoms with Gasteiger partial charge in [-0.2, -0.15) is 0 Å². The van der Waals surface area contributed by atoms with Crippen molar-refractivity contribution in [2.24, 2.45) is 0 Å². The van der Waals surface area contributed by atoms with Crippen molar-refractivity contribution >= 4 is 11.6 Å². The average Bonchev–Trinajstić information content (AvgIpc) is 2.73. The molecule has 1 amide bonds. The first kappa shape index (κ1) is 20.3. The molecule has 0 unspecified atom stereocenters. The van der Waals surface area contributed by atoms with Crippen LogP contribution in [0.1, 0.15) is 18.0 Å². The lowest BCUT2D eigenvalue weighted by atomic mass is 10.0. The first-order valence-electron chi connectivity index (χ1n) is 9.76. The van der Waals surface area contributed by atoms with Crippen LogP contribution < -0.4 is 10.2 Å². The molecule has 1 fully saturated rings. The molecule has 6 heteroatoms. The zero-order valence-electron chi connectivity index (χ0n) is 16.3. The highest BCUT2D eigenvalue weighted by Gasteiger charge is 2.29. The van der Waals surface area contributed by atoms with Crippen molar-refractivity contribution in [2.45, 2.75) is 12.5 Å². The maximum absolute atomic E-state index is 13.7. The van der Waals surface area contributed by atoms with Gasteiger partial charge in [0.05, 0.1) is 13.2 Å². The number of ether oxygens (including phenoxy) is 1. The van der Waals surface area contributed by atoms with E-state index in [-0.39, 0.29) is 11.7 Å². The summed E-state index contributed by atoms with van der Waals surface area (Å²) in [6, 6.07) is 16.0. The summed E-state index contributed by atoms with van der Waals surface area (Å²) in [7, 11) is 2.04. The molecule has 1 heterocycles. The summed E-state index contributed by atoms with van der Waals surface area (Å²) >= 11 is 0. The number of rotatable bonds is 8. The molecule has 28 heavy (non-hydrogen) atoms. The number of nitrogens with zero attached hydrogens (tertiary/aromatic N) is 2. The standard InChI is InChI=1S/C22H28FN3O2/c1-25(20-9-3-2-4-10-20)12-6-11-24-22(27)21(26-13-15-28-16-14-26)18-7-5-8-19(23)17-18/h2-5,7-10,17,21H,6,11-16H2,1H3,(H,24,27)/t21-/m1/s1. The van der Waals surface area contributed by atoms with Gasteiger partial charge in [-0.3, -0.25) is 9.69 Å². The molecular formula is C22H28FN3O2. The van der Waals surface area contributed by atoms with Gasteiger partial charge in [0.1, 0.15) is 11.9 Å². The second kappa shape index (κ2) is 10.2. The highest BCUT2D eigenvalue weighted by molar-refractivity contribution is 5.83. The number of amides is 1. The van der Waals surface area contributed by atoms with E-state index in [1.165, 1.54) is 12.1 Å². The molecule has 1 N–H and O–H groups in total. The van der Waals surface area contributed by atoms with Gasteiger partial charge in [-0.15, -0.1) is 0 Å². The number of hydrogen-bond donors (Lipinski definition) is 1. The summed E-state index contributed by atoms with van der Waals surface area (Å²) in [5.41, 5.74) is 1.83. The lowest BCUT2D eigenvalue weighted by molar-refractivity contribution is -0.128. The smallest absolute Gasteiger partial charge is 0.241 e.